The predicted octanol–water partition coefficient (Wildman–Crippen LogP) is 3.07. The summed E-state index contributed by atoms with van der Waals surface area (Å²) in [6, 6.07) is 0.863. The van der Waals surface area contributed by atoms with Crippen LogP contribution in [0, 0.1) is 5.92 Å². The molecule has 3 atom stereocenters. The van der Waals surface area contributed by atoms with Gasteiger partial charge in [-0.1, -0.05) is 19.8 Å². The van der Waals surface area contributed by atoms with Gasteiger partial charge >= 0.3 is 6.09 Å². The van der Waals surface area contributed by atoms with E-state index in [1.807, 2.05) is 20.8 Å². The molecule has 1 fully saturated rings. The van der Waals surface area contributed by atoms with Gasteiger partial charge in [-0.25, -0.2) is 4.79 Å². The molecule has 0 aromatic rings. The fourth-order valence-electron chi connectivity index (χ4n) is 2.54. The molecule has 1 aliphatic rings. The van der Waals surface area contributed by atoms with Crippen LogP contribution in [0.15, 0.2) is 0 Å². The van der Waals surface area contributed by atoms with E-state index in [1.54, 1.807) is 0 Å². The van der Waals surface area contributed by atoms with Crippen LogP contribution in [0.2, 0.25) is 0 Å². The van der Waals surface area contributed by atoms with Gasteiger partial charge in [0.2, 0.25) is 0 Å². The van der Waals surface area contributed by atoms with Crippen LogP contribution < -0.4 is 10.6 Å². The predicted molar refractivity (Wildman–Crippen MR) is 78.3 cm³/mol. The molecule has 0 saturated heterocycles. The number of carbonyl (C=O) groups excluding carboxylic acids is 1. The molecule has 1 amide bonds. The molecule has 0 aliphatic heterocycles. The molecule has 0 aromatic heterocycles. The van der Waals surface area contributed by atoms with Crippen molar-refractivity contribution in [1.29, 1.82) is 0 Å². The van der Waals surface area contributed by atoms with Crippen LogP contribution in [0.25, 0.3) is 0 Å². The highest BCUT2D eigenvalue weighted by atomic mass is 16.6. The van der Waals surface area contributed by atoms with Crippen LogP contribution in [0.1, 0.15) is 60.3 Å². The minimum atomic E-state index is -0.432. The van der Waals surface area contributed by atoms with Crippen LogP contribution in [-0.2, 0) is 4.74 Å². The molecule has 19 heavy (non-hydrogen) atoms. The lowest BCUT2D eigenvalue weighted by atomic mass is 9.85. The first-order chi connectivity index (χ1) is 8.78. The molecule has 0 bridgehead atoms. The maximum Gasteiger partial charge on any atom is 0.407 e. The molecule has 4 nitrogen and oxygen atoms in total. The van der Waals surface area contributed by atoms with Crippen LogP contribution in [0.5, 0.6) is 0 Å². The van der Waals surface area contributed by atoms with Gasteiger partial charge in [-0.05, 0) is 46.5 Å². The third-order valence-electron chi connectivity index (χ3n) is 3.56. The number of carbonyl (C=O) groups is 1. The van der Waals surface area contributed by atoms with Crippen molar-refractivity contribution >= 4 is 6.09 Å². The van der Waals surface area contributed by atoms with Gasteiger partial charge in [-0.15, -0.1) is 0 Å². The van der Waals surface area contributed by atoms with E-state index in [2.05, 4.69) is 24.5 Å². The summed E-state index contributed by atoms with van der Waals surface area (Å²) in [5.74, 6) is 0.734. The summed E-state index contributed by atoms with van der Waals surface area (Å²) in [4.78, 5) is 11.6. The van der Waals surface area contributed by atoms with Crippen LogP contribution >= 0.6 is 0 Å². The first kappa shape index (κ1) is 16.3. The zero-order chi connectivity index (χ0) is 14.5. The first-order valence-electron chi connectivity index (χ1n) is 7.51. The van der Waals surface area contributed by atoms with Gasteiger partial charge in [0.25, 0.3) is 0 Å². The van der Waals surface area contributed by atoms with Gasteiger partial charge in [-0.2, -0.15) is 0 Å². The highest BCUT2D eigenvalue weighted by molar-refractivity contribution is 5.67. The number of hydrogen-bond donors (Lipinski definition) is 2. The van der Waals surface area contributed by atoms with Crippen molar-refractivity contribution in [3.05, 3.63) is 0 Å². The average Bonchev–Trinajstić information content (AvgIpc) is 2.27. The zero-order valence-electron chi connectivity index (χ0n) is 13.1. The zero-order valence-corrected chi connectivity index (χ0v) is 13.1. The SMILES string of the molecule is CC(CNC(=O)OC(C)(C)C)NC1CCCCC1C. The third kappa shape index (κ3) is 6.81. The minimum absolute atomic E-state index is 0.276. The van der Waals surface area contributed by atoms with Gasteiger partial charge in [0.05, 0.1) is 0 Å². The Bertz CT molecular complexity index is 286. The lowest BCUT2D eigenvalue weighted by Gasteiger charge is -2.32. The maximum absolute atomic E-state index is 11.6. The molecule has 1 saturated carbocycles. The third-order valence-corrected chi connectivity index (χ3v) is 3.56. The Balaban J connectivity index is 2.23. The fraction of sp³-hybridized carbons (Fsp3) is 0.933. The van der Waals surface area contributed by atoms with E-state index < -0.39 is 5.60 Å². The van der Waals surface area contributed by atoms with Gasteiger partial charge in [0.1, 0.15) is 5.60 Å². The standard InChI is InChI=1S/C15H30N2O2/c1-11-8-6-7-9-13(11)17-12(2)10-16-14(18)19-15(3,4)5/h11-13,17H,6-10H2,1-5H3,(H,16,18). The number of alkyl carbamates (subject to hydrolysis) is 1. The van der Waals surface area contributed by atoms with Crippen molar-refractivity contribution in [3.8, 4) is 0 Å². The molecule has 0 spiro atoms. The van der Waals surface area contributed by atoms with E-state index in [1.165, 1.54) is 25.7 Å². The van der Waals surface area contributed by atoms with E-state index in [-0.39, 0.29) is 12.1 Å². The summed E-state index contributed by atoms with van der Waals surface area (Å²) < 4.78 is 5.22. The highest BCUT2D eigenvalue weighted by Crippen LogP contribution is 2.23. The summed E-state index contributed by atoms with van der Waals surface area (Å²) in [6.07, 6.45) is 4.89. The molecule has 4 heteroatoms. The van der Waals surface area contributed by atoms with Crippen LogP contribution in [-0.4, -0.2) is 30.3 Å². The van der Waals surface area contributed by atoms with E-state index in [0.717, 1.165) is 5.92 Å². The van der Waals surface area contributed by atoms with Gasteiger partial charge < -0.3 is 15.4 Å². The molecule has 2 N–H and O–H groups in total. The van der Waals surface area contributed by atoms with Crippen molar-refractivity contribution in [1.82, 2.24) is 10.6 Å². The summed E-state index contributed by atoms with van der Waals surface area (Å²) in [7, 11) is 0. The molecule has 0 radical (unpaired) electrons. The number of rotatable bonds is 4. The Kier molecular flexibility index (Phi) is 6.11. The van der Waals surface area contributed by atoms with Gasteiger partial charge in [0.15, 0.2) is 0 Å². The van der Waals surface area contributed by atoms with Crippen molar-refractivity contribution in [2.75, 3.05) is 6.54 Å². The molecule has 112 valence electrons. The van der Waals surface area contributed by atoms with Gasteiger partial charge in [0, 0.05) is 18.6 Å². The molecule has 0 aromatic carbocycles. The van der Waals surface area contributed by atoms with Crippen molar-refractivity contribution in [2.24, 2.45) is 5.92 Å². The Morgan fingerprint density at radius 2 is 1.95 bits per heavy atom. The Hall–Kier alpha value is -0.770. The minimum Gasteiger partial charge on any atom is -0.444 e. The van der Waals surface area contributed by atoms with Crippen molar-refractivity contribution in [3.63, 3.8) is 0 Å². The number of amides is 1. The molecule has 3 unspecified atom stereocenters. The molecular weight excluding hydrogens is 240 g/mol. The summed E-state index contributed by atoms with van der Waals surface area (Å²) >= 11 is 0. The van der Waals surface area contributed by atoms with E-state index in [0.29, 0.717) is 12.6 Å². The molecular formula is C15H30N2O2. The monoisotopic (exact) mass is 270 g/mol. The largest absolute Gasteiger partial charge is 0.444 e. The normalized spacial score (nSPS) is 25.7. The number of hydrogen-bond acceptors (Lipinski definition) is 3. The maximum atomic E-state index is 11.6. The van der Waals surface area contributed by atoms with Gasteiger partial charge in [-0.3, -0.25) is 0 Å². The quantitative estimate of drug-likeness (QED) is 0.825. The smallest absolute Gasteiger partial charge is 0.407 e. The summed E-state index contributed by atoms with van der Waals surface area (Å²) in [5, 5.41) is 6.44. The topological polar surface area (TPSA) is 50.4 Å². The highest BCUT2D eigenvalue weighted by Gasteiger charge is 2.23. The Labute approximate surface area is 117 Å². The summed E-state index contributed by atoms with van der Waals surface area (Å²) in [6.45, 7) is 10.6. The van der Waals surface area contributed by atoms with Crippen molar-refractivity contribution < 1.29 is 9.53 Å². The molecule has 1 rings (SSSR count). The average molecular weight is 270 g/mol. The van der Waals surface area contributed by atoms with E-state index in [9.17, 15) is 4.79 Å². The molecule has 0 heterocycles. The second-order valence-corrected chi connectivity index (χ2v) is 6.82. The Morgan fingerprint density at radius 3 is 2.53 bits per heavy atom. The van der Waals surface area contributed by atoms with Crippen molar-refractivity contribution in [2.45, 2.75) is 78.0 Å². The number of ether oxygens (including phenoxy) is 1. The fourth-order valence-corrected chi connectivity index (χ4v) is 2.54. The van der Waals surface area contributed by atoms with E-state index >= 15 is 0 Å². The lowest BCUT2D eigenvalue weighted by molar-refractivity contribution is 0.0521. The van der Waals surface area contributed by atoms with Crippen LogP contribution in [0.4, 0.5) is 4.79 Å². The summed E-state index contributed by atoms with van der Waals surface area (Å²) in [5.41, 5.74) is -0.432. The number of nitrogens with one attached hydrogen (secondary N) is 2. The van der Waals surface area contributed by atoms with Crippen LogP contribution in [0.3, 0.4) is 0 Å². The second-order valence-electron chi connectivity index (χ2n) is 6.82. The lowest BCUT2D eigenvalue weighted by Crippen LogP contribution is -2.47. The molecule has 1 aliphatic carbocycles. The Morgan fingerprint density at radius 1 is 1.32 bits per heavy atom. The van der Waals surface area contributed by atoms with E-state index in [4.69, 9.17) is 4.74 Å². The second kappa shape index (κ2) is 7.13. The first-order valence-corrected chi connectivity index (χ1v) is 7.51.